The van der Waals surface area contributed by atoms with Gasteiger partial charge in [-0.05, 0) is 19.4 Å². The van der Waals surface area contributed by atoms with Gasteiger partial charge in [0.2, 0.25) is 5.91 Å². The van der Waals surface area contributed by atoms with Crippen LogP contribution in [0.3, 0.4) is 0 Å². The van der Waals surface area contributed by atoms with Crippen LogP contribution in [0.1, 0.15) is 33.1 Å². The van der Waals surface area contributed by atoms with Crippen LogP contribution >= 0.6 is 0 Å². The molecule has 1 fully saturated rings. The number of carbonyl (C=O) groups is 2. The van der Waals surface area contributed by atoms with Gasteiger partial charge in [0.15, 0.2) is 0 Å². The summed E-state index contributed by atoms with van der Waals surface area (Å²) in [6.45, 7) is 5.44. The molecule has 5 nitrogen and oxygen atoms in total. The number of nitrogens with one attached hydrogen (secondary N) is 2. The van der Waals surface area contributed by atoms with Crippen molar-refractivity contribution in [3.63, 3.8) is 0 Å². The van der Waals surface area contributed by atoms with Crippen molar-refractivity contribution in [1.82, 2.24) is 10.6 Å². The maximum atomic E-state index is 12.1. The minimum absolute atomic E-state index is 0.00236. The van der Waals surface area contributed by atoms with E-state index < -0.39 is 11.9 Å². The van der Waals surface area contributed by atoms with Crippen molar-refractivity contribution in [2.75, 3.05) is 19.6 Å². The Kier molecular flexibility index (Phi) is 4.93. The summed E-state index contributed by atoms with van der Waals surface area (Å²) in [5.41, 5.74) is -0.326. The fourth-order valence-corrected chi connectivity index (χ4v) is 2.26. The van der Waals surface area contributed by atoms with E-state index in [-0.39, 0.29) is 17.9 Å². The second-order valence-electron chi connectivity index (χ2n) is 4.91. The highest BCUT2D eigenvalue weighted by Gasteiger charge is 2.40. The van der Waals surface area contributed by atoms with Gasteiger partial charge >= 0.3 is 5.97 Å². The molecule has 5 heteroatoms. The Bertz CT molecular complexity index is 285. The zero-order chi connectivity index (χ0) is 12.9. The van der Waals surface area contributed by atoms with Crippen molar-refractivity contribution in [2.45, 2.75) is 33.1 Å². The minimum Gasteiger partial charge on any atom is -0.481 e. The molecule has 1 aliphatic rings. The van der Waals surface area contributed by atoms with Crippen LogP contribution in [0.15, 0.2) is 0 Å². The highest BCUT2D eigenvalue weighted by Crippen LogP contribution is 2.31. The van der Waals surface area contributed by atoms with Gasteiger partial charge in [0, 0.05) is 13.1 Å². The van der Waals surface area contributed by atoms with Crippen molar-refractivity contribution in [2.24, 2.45) is 11.3 Å². The van der Waals surface area contributed by atoms with Gasteiger partial charge in [-0.1, -0.05) is 20.3 Å². The first-order chi connectivity index (χ1) is 8.02. The van der Waals surface area contributed by atoms with Gasteiger partial charge in [-0.25, -0.2) is 0 Å². The molecule has 0 aliphatic carbocycles. The first kappa shape index (κ1) is 14.0. The second kappa shape index (κ2) is 6.00. The van der Waals surface area contributed by atoms with Gasteiger partial charge in [-0.15, -0.1) is 0 Å². The van der Waals surface area contributed by atoms with E-state index >= 15 is 0 Å². The van der Waals surface area contributed by atoms with E-state index in [1.165, 1.54) is 0 Å². The molecule has 0 aromatic carbocycles. The lowest BCUT2D eigenvalue weighted by molar-refractivity contribution is -0.141. The molecule has 17 heavy (non-hydrogen) atoms. The van der Waals surface area contributed by atoms with E-state index in [1.807, 2.05) is 0 Å². The summed E-state index contributed by atoms with van der Waals surface area (Å²) in [6.07, 6.45) is 2.66. The van der Waals surface area contributed by atoms with Gasteiger partial charge in [0.1, 0.15) is 0 Å². The zero-order valence-electron chi connectivity index (χ0n) is 10.6. The van der Waals surface area contributed by atoms with Crippen LogP contribution < -0.4 is 10.6 Å². The first-order valence-electron chi connectivity index (χ1n) is 6.23. The van der Waals surface area contributed by atoms with E-state index in [0.29, 0.717) is 6.54 Å². The first-order valence-corrected chi connectivity index (χ1v) is 6.23. The third-order valence-electron chi connectivity index (χ3n) is 3.44. The van der Waals surface area contributed by atoms with Crippen LogP contribution in [0.25, 0.3) is 0 Å². The lowest BCUT2D eigenvalue weighted by Gasteiger charge is -2.26. The molecule has 2 unspecified atom stereocenters. The van der Waals surface area contributed by atoms with Crippen LogP contribution in [-0.4, -0.2) is 36.6 Å². The van der Waals surface area contributed by atoms with E-state index in [0.717, 1.165) is 25.8 Å². The van der Waals surface area contributed by atoms with E-state index in [2.05, 4.69) is 17.6 Å². The molecule has 2 atom stereocenters. The standard InChI is InChI=1S/C12H22N2O3/c1-3-4-12(5-6-13-8-12)11(17)14-7-9(2)10(15)16/h9,13H,3-8H2,1-2H3,(H,14,17)(H,15,16). The predicted octanol–water partition coefficient (Wildman–Crippen LogP) is 0.603. The molecular formula is C12H22N2O3. The number of carboxylic acid groups (broad SMARTS) is 1. The van der Waals surface area contributed by atoms with Crippen LogP contribution in [0.4, 0.5) is 0 Å². The largest absolute Gasteiger partial charge is 0.481 e. The highest BCUT2D eigenvalue weighted by molar-refractivity contribution is 5.83. The molecule has 98 valence electrons. The molecule has 0 aromatic heterocycles. The molecule has 0 bridgehead atoms. The lowest BCUT2D eigenvalue weighted by atomic mass is 9.81. The summed E-state index contributed by atoms with van der Waals surface area (Å²) < 4.78 is 0. The molecule has 0 saturated carbocycles. The SMILES string of the molecule is CCCC1(C(=O)NCC(C)C(=O)O)CCNC1. The minimum atomic E-state index is -0.876. The van der Waals surface area contributed by atoms with Gasteiger partial charge < -0.3 is 15.7 Å². The Morgan fingerprint density at radius 1 is 1.53 bits per heavy atom. The number of hydrogen-bond donors (Lipinski definition) is 3. The van der Waals surface area contributed by atoms with Crippen LogP contribution in [-0.2, 0) is 9.59 Å². The number of carbonyl (C=O) groups excluding carboxylic acids is 1. The Balaban J connectivity index is 2.52. The number of aliphatic carboxylic acids is 1. The molecule has 1 rings (SSSR count). The number of rotatable bonds is 6. The summed E-state index contributed by atoms with van der Waals surface area (Å²) in [5, 5.41) is 14.7. The van der Waals surface area contributed by atoms with Crippen LogP contribution in [0.2, 0.25) is 0 Å². The monoisotopic (exact) mass is 242 g/mol. The van der Waals surface area contributed by atoms with Crippen molar-refractivity contribution in [3.05, 3.63) is 0 Å². The summed E-state index contributed by atoms with van der Waals surface area (Å²) in [4.78, 5) is 22.8. The molecule has 1 amide bonds. The number of amides is 1. The molecule has 0 aromatic rings. The second-order valence-corrected chi connectivity index (χ2v) is 4.91. The maximum Gasteiger partial charge on any atom is 0.308 e. The van der Waals surface area contributed by atoms with Gasteiger partial charge in [-0.3, -0.25) is 9.59 Å². The maximum absolute atomic E-state index is 12.1. The summed E-state index contributed by atoms with van der Waals surface area (Å²) >= 11 is 0. The van der Waals surface area contributed by atoms with E-state index in [9.17, 15) is 9.59 Å². The lowest BCUT2D eigenvalue weighted by Crippen LogP contribution is -2.44. The predicted molar refractivity (Wildman–Crippen MR) is 64.6 cm³/mol. The van der Waals surface area contributed by atoms with Crippen molar-refractivity contribution in [1.29, 1.82) is 0 Å². The van der Waals surface area contributed by atoms with Crippen LogP contribution in [0.5, 0.6) is 0 Å². The Labute approximate surface area is 102 Å². The Morgan fingerprint density at radius 3 is 2.71 bits per heavy atom. The average Bonchev–Trinajstić information content (AvgIpc) is 2.75. The van der Waals surface area contributed by atoms with Crippen LogP contribution in [0, 0.1) is 11.3 Å². The number of hydrogen-bond acceptors (Lipinski definition) is 3. The molecular weight excluding hydrogens is 220 g/mol. The molecule has 1 aliphatic heterocycles. The average molecular weight is 242 g/mol. The topological polar surface area (TPSA) is 78.4 Å². The fraction of sp³-hybridized carbons (Fsp3) is 0.833. The highest BCUT2D eigenvalue weighted by atomic mass is 16.4. The molecule has 3 N–H and O–H groups in total. The molecule has 1 heterocycles. The fourth-order valence-electron chi connectivity index (χ4n) is 2.26. The smallest absolute Gasteiger partial charge is 0.308 e. The van der Waals surface area contributed by atoms with Gasteiger partial charge in [-0.2, -0.15) is 0 Å². The van der Waals surface area contributed by atoms with Gasteiger partial charge in [0.25, 0.3) is 0 Å². The summed E-state index contributed by atoms with van der Waals surface area (Å²) in [7, 11) is 0. The molecule has 1 saturated heterocycles. The molecule has 0 radical (unpaired) electrons. The van der Waals surface area contributed by atoms with Crippen molar-refractivity contribution in [3.8, 4) is 0 Å². The summed E-state index contributed by atoms with van der Waals surface area (Å²) in [6, 6.07) is 0. The molecule has 0 spiro atoms. The quantitative estimate of drug-likeness (QED) is 0.637. The van der Waals surface area contributed by atoms with Crippen molar-refractivity contribution < 1.29 is 14.7 Å². The third-order valence-corrected chi connectivity index (χ3v) is 3.44. The van der Waals surface area contributed by atoms with E-state index in [1.54, 1.807) is 6.92 Å². The normalized spacial score (nSPS) is 25.5. The zero-order valence-corrected chi connectivity index (χ0v) is 10.6. The Morgan fingerprint density at radius 2 is 2.24 bits per heavy atom. The number of carboxylic acids is 1. The van der Waals surface area contributed by atoms with E-state index in [4.69, 9.17) is 5.11 Å². The van der Waals surface area contributed by atoms with Gasteiger partial charge in [0.05, 0.1) is 11.3 Å². The summed E-state index contributed by atoms with van der Waals surface area (Å²) in [5.74, 6) is -1.41. The third kappa shape index (κ3) is 3.43. The Hall–Kier alpha value is -1.10. The van der Waals surface area contributed by atoms with Crippen molar-refractivity contribution >= 4 is 11.9 Å².